The molecule has 5 rings (SSSR count). The van der Waals surface area contributed by atoms with Crippen molar-refractivity contribution in [2.75, 3.05) is 55.9 Å². The lowest BCUT2D eigenvalue weighted by Crippen LogP contribution is -2.44. The summed E-state index contributed by atoms with van der Waals surface area (Å²) >= 11 is 0. The number of anilines is 4. The minimum atomic E-state index is -0.346. The van der Waals surface area contributed by atoms with E-state index in [0.29, 0.717) is 11.7 Å². The molecule has 1 aromatic heterocycles. The topological polar surface area (TPSA) is 91.8 Å². The molecule has 42 heavy (non-hydrogen) atoms. The number of amides is 1. The predicted octanol–water partition coefficient (Wildman–Crippen LogP) is 6.20. The minimum Gasteiger partial charge on any atom is -0.495 e. The normalized spacial score (nSPS) is 13.5. The number of likely N-dealkylation sites (N-methyl/N-ethyl adjacent to an activating group) is 1. The van der Waals surface area contributed by atoms with Crippen LogP contribution in [0.3, 0.4) is 0 Å². The van der Waals surface area contributed by atoms with E-state index in [1.165, 1.54) is 6.20 Å². The van der Waals surface area contributed by atoms with Gasteiger partial charge in [-0.05, 0) is 62.2 Å². The number of hydrogen-bond donors (Lipinski definition) is 2. The number of hydrogen-bond acceptors (Lipinski definition) is 8. The van der Waals surface area contributed by atoms with Gasteiger partial charge in [0.1, 0.15) is 17.1 Å². The Balaban J connectivity index is 1.45. The van der Waals surface area contributed by atoms with Crippen molar-refractivity contribution >= 4 is 28.9 Å². The fourth-order valence-corrected chi connectivity index (χ4v) is 5.05. The average Bonchev–Trinajstić information content (AvgIpc) is 3.00. The standard InChI is InChI=1S/C33H38N6O3/c1-6-24-12-7-8-13-28(24)42-32-26(31(40)36-30-22(2)10-9-11-23(30)3)21-34-33(37-32)35-25-14-15-27(29(20-25)41-5)39-18-16-38(4)17-19-39/h7-15,20-21H,6,16-19H2,1-5H3,(H,36,40)(H,34,35,37). The zero-order valence-corrected chi connectivity index (χ0v) is 24.9. The molecule has 0 spiro atoms. The van der Waals surface area contributed by atoms with Gasteiger partial charge in [0, 0.05) is 49.8 Å². The summed E-state index contributed by atoms with van der Waals surface area (Å²) in [4.78, 5) is 27.3. The molecule has 9 nitrogen and oxygen atoms in total. The average molecular weight is 567 g/mol. The number of para-hydroxylation sites is 2. The molecule has 0 radical (unpaired) electrons. The number of nitrogens with one attached hydrogen (secondary N) is 2. The second-order valence-corrected chi connectivity index (χ2v) is 10.5. The van der Waals surface area contributed by atoms with E-state index < -0.39 is 0 Å². The van der Waals surface area contributed by atoms with Crippen molar-refractivity contribution in [1.29, 1.82) is 0 Å². The second-order valence-electron chi connectivity index (χ2n) is 10.5. The van der Waals surface area contributed by atoms with Crippen LogP contribution in [0.5, 0.6) is 17.4 Å². The summed E-state index contributed by atoms with van der Waals surface area (Å²) < 4.78 is 12.0. The summed E-state index contributed by atoms with van der Waals surface area (Å²) in [5.41, 5.74) is 5.75. The molecule has 3 aromatic carbocycles. The van der Waals surface area contributed by atoms with Gasteiger partial charge in [-0.25, -0.2) is 4.98 Å². The Bertz CT molecular complexity index is 1550. The van der Waals surface area contributed by atoms with Crippen LogP contribution in [0, 0.1) is 13.8 Å². The van der Waals surface area contributed by atoms with Gasteiger partial charge in [0.05, 0.1) is 12.8 Å². The van der Waals surface area contributed by atoms with Crippen LogP contribution in [-0.4, -0.2) is 61.1 Å². The first kappa shape index (κ1) is 28.9. The zero-order valence-electron chi connectivity index (χ0n) is 24.9. The number of aryl methyl sites for hydroxylation is 3. The molecule has 1 fully saturated rings. The number of aromatic nitrogens is 2. The molecule has 2 N–H and O–H groups in total. The van der Waals surface area contributed by atoms with E-state index >= 15 is 0 Å². The third-order valence-electron chi connectivity index (χ3n) is 7.56. The summed E-state index contributed by atoms with van der Waals surface area (Å²) in [6, 6.07) is 19.6. The number of methoxy groups -OCH3 is 1. The quantitative estimate of drug-likeness (QED) is 0.247. The molecule has 4 aromatic rings. The monoisotopic (exact) mass is 566 g/mol. The van der Waals surface area contributed by atoms with Crippen LogP contribution in [0.25, 0.3) is 0 Å². The summed E-state index contributed by atoms with van der Waals surface area (Å²) in [5, 5.41) is 6.29. The van der Waals surface area contributed by atoms with Crippen molar-refractivity contribution in [3.05, 3.63) is 89.1 Å². The molecule has 0 unspecified atom stereocenters. The molecule has 1 saturated heterocycles. The van der Waals surface area contributed by atoms with Crippen molar-refractivity contribution in [3.8, 4) is 17.4 Å². The van der Waals surface area contributed by atoms with Crippen molar-refractivity contribution in [2.45, 2.75) is 27.2 Å². The van der Waals surface area contributed by atoms with Crippen molar-refractivity contribution in [3.63, 3.8) is 0 Å². The molecule has 2 heterocycles. The molecular formula is C33H38N6O3. The Morgan fingerprint density at radius 1 is 0.952 bits per heavy atom. The van der Waals surface area contributed by atoms with Gasteiger partial charge in [-0.15, -0.1) is 0 Å². The van der Waals surface area contributed by atoms with E-state index in [0.717, 1.165) is 72.1 Å². The third kappa shape index (κ3) is 6.47. The Kier molecular flexibility index (Phi) is 8.88. The van der Waals surface area contributed by atoms with E-state index in [1.54, 1.807) is 7.11 Å². The van der Waals surface area contributed by atoms with Gasteiger partial charge in [-0.1, -0.05) is 43.3 Å². The fourth-order valence-electron chi connectivity index (χ4n) is 5.05. The summed E-state index contributed by atoms with van der Waals surface area (Å²) in [6.45, 7) is 9.87. The van der Waals surface area contributed by atoms with E-state index in [4.69, 9.17) is 9.47 Å². The molecule has 9 heteroatoms. The van der Waals surface area contributed by atoms with E-state index in [2.05, 4.69) is 44.4 Å². The highest BCUT2D eigenvalue weighted by molar-refractivity contribution is 6.06. The maximum Gasteiger partial charge on any atom is 0.262 e. The summed E-state index contributed by atoms with van der Waals surface area (Å²) in [6.07, 6.45) is 2.27. The lowest BCUT2D eigenvalue weighted by molar-refractivity contribution is 0.102. The largest absolute Gasteiger partial charge is 0.495 e. The Morgan fingerprint density at radius 2 is 1.69 bits per heavy atom. The van der Waals surface area contributed by atoms with Crippen molar-refractivity contribution in [1.82, 2.24) is 14.9 Å². The van der Waals surface area contributed by atoms with Gasteiger partial charge in [-0.2, -0.15) is 4.98 Å². The SMILES string of the molecule is CCc1ccccc1Oc1nc(Nc2ccc(N3CCN(C)CC3)c(OC)c2)ncc1C(=O)Nc1c(C)cccc1C. The predicted molar refractivity (Wildman–Crippen MR) is 168 cm³/mol. The van der Waals surface area contributed by atoms with Gasteiger partial charge in [-0.3, -0.25) is 4.79 Å². The number of carbonyl (C=O) groups excluding carboxylic acids is 1. The minimum absolute atomic E-state index is 0.165. The van der Waals surface area contributed by atoms with Crippen LogP contribution in [0.15, 0.2) is 66.9 Å². The lowest BCUT2D eigenvalue weighted by atomic mass is 10.1. The number of carbonyl (C=O) groups is 1. The maximum absolute atomic E-state index is 13.5. The van der Waals surface area contributed by atoms with E-state index in [-0.39, 0.29) is 17.4 Å². The summed E-state index contributed by atoms with van der Waals surface area (Å²) in [5.74, 6) is 1.53. The molecule has 0 bridgehead atoms. The van der Waals surface area contributed by atoms with E-state index in [9.17, 15) is 4.79 Å². The van der Waals surface area contributed by atoms with Crippen molar-refractivity contribution in [2.24, 2.45) is 0 Å². The lowest BCUT2D eigenvalue weighted by Gasteiger charge is -2.34. The summed E-state index contributed by atoms with van der Waals surface area (Å²) in [7, 11) is 3.81. The van der Waals surface area contributed by atoms with Crippen LogP contribution >= 0.6 is 0 Å². The first-order valence-electron chi connectivity index (χ1n) is 14.2. The van der Waals surface area contributed by atoms with Crippen LogP contribution in [-0.2, 0) is 6.42 Å². The van der Waals surface area contributed by atoms with Crippen LogP contribution in [0.4, 0.5) is 23.0 Å². The number of rotatable bonds is 9. The maximum atomic E-state index is 13.5. The Morgan fingerprint density at radius 3 is 2.40 bits per heavy atom. The number of benzene rings is 3. The highest BCUT2D eigenvalue weighted by atomic mass is 16.5. The van der Waals surface area contributed by atoms with Crippen LogP contribution in [0.2, 0.25) is 0 Å². The third-order valence-corrected chi connectivity index (χ3v) is 7.56. The number of nitrogens with zero attached hydrogens (tertiary/aromatic N) is 4. The van der Waals surface area contributed by atoms with Crippen LogP contribution < -0.4 is 25.0 Å². The molecule has 1 amide bonds. The van der Waals surface area contributed by atoms with Gasteiger partial charge in [0.2, 0.25) is 11.8 Å². The molecular weight excluding hydrogens is 528 g/mol. The number of piperazine rings is 1. The van der Waals surface area contributed by atoms with E-state index in [1.807, 2.05) is 74.5 Å². The van der Waals surface area contributed by atoms with Gasteiger partial charge in [0.25, 0.3) is 5.91 Å². The highest BCUT2D eigenvalue weighted by Gasteiger charge is 2.21. The Hall–Kier alpha value is -4.63. The first-order valence-corrected chi connectivity index (χ1v) is 14.2. The van der Waals surface area contributed by atoms with Gasteiger partial charge in [0.15, 0.2) is 0 Å². The fraction of sp³-hybridized carbons (Fsp3) is 0.303. The molecule has 0 saturated carbocycles. The molecule has 218 valence electrons. The number of ether oxygens (including phenoxy) is 2. The molecule has 0 atom stereocenters. The highest BCUT2D eigenvalue weighted by Crippen LogP contribution is 2.34. The second kappa shape index (κ2) is 12.9. The smallest absolute Gasteiger partial charge is 0.262 e. The van der Waals surface area contributed by atoms with Gasteiger partial charge < -0.3 is 29.9 Å². The van der Waals surface area contributed by atoms with Crippen LogP contribution in [0.1, 0.15) is 34.0 Å². The Labute approximate surface area is 247 Å². The molecule has 0 aliphatic carbocycles. The molecule has 1 aliphatic heterocycles. The zero-order chi connectivity index (χ0) is 29.6. The van der Waals surface area contributed by atoms with Gasteiger partial charge >= 0.3 is 0 Å². The molecule has 1 aliphatic rings. The first-order chi connectivity index (χ1) is 20.4. The van der Waals surface area contributed by atoms with Crippen molar-refractivity contribution < 1.29 is 14.3 Å².